The van der Waals surface area contributed by atoms with Crippen LogP contribution in [0.1, 0.15) is 11.3 Å². The molecule has 1 aromatic heterocycles. The lowest BCUT2D eigenvalue weighted by Gasteiger charge is -2.10. The van der Waals surface area contributed by atoms with Gasteiger partial charge in [0.05, 0.1) is 0 Å². The Balaban J connectivity index is 1.67. The number of halogens is 3. The highest BCUT2D eigenvalue weighted by Crippen LogP contribution is 2.19. The molecule has 134 valence electrons. The average molecular weight is 358 g/mol. The summed E-state index contributed by atoms with van der Waals surface area (Å²) in [6, 6.07) is 11.8. The highest BCUT2D eigenvalue weighted by Gasteiger charge is 2.06. The van der Waals surface area contributed by atoms with Crippen LogP contribution in [0.5, 0.6) is 0 Å². The van der Waals surface area contributed by atoms with Crippen LogP contribution < -0.4 is 10.6 Å². The number of nitrogens with one attached hydrogen (secondary N) is 2. The van der Waals surface area contributed by atoms with Crippen LogP contribution in [0.3, 0.4) is 0 Å². The molecule has 0 aliphatic rings. The second-order valence-corrected chi connectivity index (χ2v) is 5.74. The third kappa shape index (κ3) is 4.50. The fourth-order valence-electron chi connectivity index (χ4n) is 2.44. The molecular formula is C19H17F3N4. The van der Waals surface area contributed by atoms with E-state index in [0.717, 1.165) is 12.1 Å². The highest BCUT2D eigenvalue weighted by atomic mass is 19.2. The smallest absolute Gasteiger partial charge is 0.224 e. The summed E-state index contributed by atoms with van der Waals surface area (Å²) >= 11 is 0. The Labute approximate surface area is 149 Å². The van der Waals surface area contributed by atoms with Crippen LogP contribution in [-0.2, 0) is 6.42 Å². The fourth-order valence-corrected chi connectivity index (χ4v) is 2.44. The van der Waals surface area contributed by atoms with Crippen LogP contribution in [0.25, 0.3) is 0 Å². The van der Waals surface area contributed by atoms with Gasteiger partial charge in [-0.1, -0.05) is 18.2 Å². The largest absolute Gasteiger partial charge is 0.354 e. The van der Waals surface area contributed by atoms with E-state index in [9.17, 15) is 13.2 Å². The number of rotatable bonds is 6. The van der Waals surface area contributed by atoms with Gasteiger partial charge in [0, 0.05) is 30.1 Å². The molecule has 2 aromatic carbocycles. The molecule has 0 unspecified atom stereocenters. The minimum absolute atomic E-state index is 0.250. The van der Waals surface area contributed by atoms with Gasteiger partial charge in [0.15, 0.2) is 11.6 Å². The topological polar surface area (TPSA) is 49.8 Å². The van der Waals surface area contributed by atoms with Crippen molar-refractivity contribution >= 4 is 17.5 Å². The number of aromatic nitrogens is 2. The van der Waals surface area contributed by atoms with Crippen molar-refractivity contribution < 1.29 is 13.2 Å². The van der Waals surface area contributed by atoms with Crippen molar-refractivity contribution in [3.8, 4) is 0 Å². The normalized spacial score (nSPS) is 10.6. The molecule has 3 aromatic rings. The summed E-state index contributed by atoms with van der Waals surface area (Å²) in [6.07, 6.45) is 0.482. The highest BCUT2D eigenvalue weighted by molar-refractivity contribution is 5.57. The SMILES string of the molecule is Cc1cc(Nc2ccc(F)c(F)c2)nc(NCCc2ccccc2F)n1. The summed E-state index contributed by atoms with van der Waals surface area (Å²) in [7, 11) is 0. The molecule has 0 bridgehead atoms. The quantitative estimate of drug-likeness (QED) is 0.676. The maximum atomic E-state index is 13.6. The van der Waals surface area contributed by atoms with E-state index >= 15 is 0 Å². The minimum atomic E-state index is -0.941. The predicted octanol–water partition coefficient (Wildman–Crippen LogP) is 4.60. The summed E-state index contributed by atoms with van der Waals surface area (Å²) in [4.78, 5) is 8.56. The maximum Gasteiger partial charge on any atom is 0.224 e. The predicted molar refractivity (Wildman–Crippen MR) is 95.0 cm³/mol. The zero-order valence-electron chi connectivity index (χ0n) is 14.1. The van der Waals surface area contributed by atoms with E-state index in [1.54, 1.807) is 31.2 Å². The molecule has 0 aliphatic carbocycles. The van der Waals surface area contributed by atoms with Gasteiger partial charge in [-0.05, 0) is 37.1 Å². The summed E-state index contributed by atoms with van der Waals surface area (Å²) in [5.41, 5.74) is 1.67. The number of hydrogen-bond acceptors (Lipinski definition) is 4. The monoisotopic (exact) mass is 358 g/mol. The second kappa shape index (κ2) is 7.86. The van der Waals surface area contributed by atoms with E-state index in [1.807, 2.05) is 0 Å². The lowest BCUT2D eigenvalue weighted by atomic mass is 10.1. The molecule has 0 amide bonds. The standard InChI is InChI=1S/C19H17F3N4/c1-12-10-18(25-14-6-7-16(21)17(22)11-14)26-19(24-12)23-9-8-13-4-2-3-5-15(13)20/h2-7,10-11H,8-9H2,1H3,(H2,23,24,25,26). The number of aryl methyl sites for hydroxylation is 1. The molecule has 7 heteroatoms. The molecule has 0 radical (unpaired) electrons. The first-order valence-corrected chi connectivity index (χ1v) is 8.06. The van der Waals surface area contributed by atoms with E-state index in [2.05, 4.69) is 20.6 Å². The molecule has 2 N–H and O–H groups in total. The Hall–Kier alpha value is -3.09. The Bertz CT molecular complexity index is 915. The minimum Gasteiger partial charge on any atom is -0.354 e. The zero-order chi connectivity index (χ0) is 18.5. The second-order valence-electron chi connectivity index (χ2n) is 5.74. The Morgan fingerprint density at radius 2 is 1.69 bits per heavy atom. The molecular weight excluding hydrogens is 341 g/mol. The van der Waals surface area contributed by atoms with Crippen LogP contribution in [0.4, 0.5) is 30.6 Å². The first kappa shape index (κ1) is 17.7. The molecule has 0 spiro atoms. The van der Waals surface area contributed by atoms with Gasteiger partial charge in [-0.2, -0.15) is 4.98 Å². The molecule has 0 fully saturated rings. The first-order valence-electron chi connectivity index (χ1n) is 8.06. The van der Waals surface area contributed by atoms with Crippen molar-refractivity contribution in [1.82, 2.24) is 9.97 Å². The van der Waals surface area contributed by atoms with Crippen molar-refractivity contribution in [3.05, 3.63) is 77.2 Å². The third-order valence-electron chi connectivity index (χ3n) is 3.68. The number of anilines is 3. The lowest BCUT2D eigenvalue weighted by Crippen LogP contribution is -2.10. The maximum absolute atomic E-state index is 13.6. The van der Waals surface area contributed by atoms with Gasteiger partial charge in [0.1, 0.15) is 11.6 Å². The van der Waals surface area contributed by atoms with E-state index in [1.165, 1.54) is 12.1 Å². The number of hydrogen-bond donors (Lipinski definition) is 2. The van der Waals surface area contributed by atoms with Crippen molar-refractivity contribution in [2.45, 2.75) is 13.3 Å². The number of nitrogens with zero attached hydrogens (tertiary/aromatic N) is 2. The van der Waals surface area contributed by atoms with Crippen LogP contribution >= 0.6 is 0 Å². The first-order chi connectivity index (χ1) is 12.5. The van der Waals surface area contributed by atoms with Crippen LogP contribution in [-0.4, -0.2) is 16.5 Å². The van der Waals surface area contributed by atoms with Crippen LogP contribution in [0.15, 0.2) is 48.5 Å². The van der Waals surface area contributed by atoms with Gasteiger partial charge in [0.25, 0.3) is 0 Å². The Morgan fingerprint density at radius 3 is 2.46 bits per heavy atom. The lowest BCUT2D eigenvalue weighted by molar-refractivity contribution is 0.509. The van der Waals surface area contributed by atoms with E-state index < -0.39 is 11.6 Å². The van der Waals surface area contributed by atoms with Gasteiger partial charge in [-0.3, -0.25) is 0 Å². The molecule has 3 rings (SSSR count). The van der Waals surface area contributed by atoms with Gasteiger partial charge >= 0.3 is 0 Å². The molecule has 1 heterocycles. The van der Waals surface area contributed by atoms with Crippen molar-refractivity contribution in [1.29, 1.82) is 0 Å². The van der Waals surface area contributed by atoms with Gasteiger partial charge < -0.3 is 10.6 Å². The zero-order valence-corrected chi connectivity index (χ0v) is 14.1. The summed E-state index contributed by atoms with van der Waals surface area (Å²) in [5.74, 6) is -1.29. The third-order valence-corrected chi connectivity index (χ3v) is 3.68. The van der Waals surface area contributed by atoms with E-state index in [0.29, 0.717) is 41.7 Å². The molecule has 0 atom stereocenters. The van der Waals surface area contributed by atoms with E-state index in [4.69, 9.17) is 0 Å². The fraction of sp³-hybridized carbons (Fsp3) is 0.158. The van der Waals surface area contributed by atoms with Crippen LogP contribution in [0, 0.1) is 24.4 Å². The van der Waals surface area contributed by atoms with Crippen molar-refractivity contribution in [3.63, 3.8) is 0 Å². The Morgan fingerprint density at radius 1 is 0.885 bits per heavy atom. The van der Waals surface area contributed by atoms with E-state index in [-0.39, 0.29) is 5.82 Å². The summed E-state index contributed by atoms with van der Waals surface area (Å²) in [6.45, 7) is 2.25. The number of benzene rings is 2. The van der Waals surface area contributed by atoms with Crippen molar-refractivity contribution in [2.75, 3.05) is 17.2 Å². The molecule has 26 heavy (non-hydrogen) atoms. The average Bonchev–Trinajstić information content (AvgIpc) is 2.59. The Kier molecular flexibility index (Phi) is 5.36. The van der Waals surface area contributed by atoms with Crippen molar-refractivity contribution in [2.24, 2.45) is 0 Å². The summed E-state index contributed by atoms with van der Waals surface area (Å²) in [5, 5.41) is 5.96. The van der Waals surface area contributed by atoms with Gasteiger partial charge in [0.2, 0.25) is 5.95 Å². The van der Waals surface area contributed by atoms with Gasteiger partial charge in [-0.25, -0.2) is 18.2 Å². The molecule has 0 saturated heterocycles. The molecule has 0 saturated carbocycles. The van der Waals surface area contributed by atoms with Crippen LogP contribution in [0.2, 0.25) is 0 Å². The summed E-state index contributed by atoms with van der Waals surface area (Å²) < 4.78 is 39.9. The molecule has 4 nitrogen and oxygen atoms in total. The van der Waals surface area contributed by atoms with Gasteiger partial charge in [-0.15, -0.1) is 0 Å². The molecule has 0 aliphatic heterocycles.